The smallest absolute Gasteiger partial charge is 0.292 e. The van der Waals surface area contributed by atoms with Crippen molar-refractivity contribution in [3.8, 4) is 0 Å². The normalized spacial score (nSPS) is 11.1. The van der Waals surface area contributed by atoms with Crippen molar-refractivity contribution in [1.29, 1.82) is 0 Å². The van der Waals surface area contributed by atoms with Crippen molar-refractivity contribution < 1.29 is 69.5 Å². The van der Waals surface area contributed by atoms with Gasteiger partial charge in [0.1, 0.15) is 17.1 Å². The third-order valence-corrected chi connectivity index (χ3v) is 14.1. The third-order valence-electron chi connectivity index (χ3n) is 14.1. The molecule has 3 aromatic carbocycles. The number of aromatic nitrogens is 3. The van der Waals surface area contributed by atoms with Crippen LogP contribution < -0.4 is 31.9 Å². The Morgan fingerprint density at radius 3 is 0.866 bits per heavy atom. The fourth-order valence-corrected chi connectivity index (χ4v) is 9.62. The molecule has 0 bridgehead atoms. The summed E-state index contributed by atoms with van der Waals surface area (Å²) < 4.78 is 86.3. The monoisotopic (exact) mass is 1140 g/mol. The molecule has 6 amide bonds. The number of Topliss-reactive ketones (excluding diaryl/α,β-unsaturated/α-hetero) is 3. The van der Waals surface area contributed by atoms with Crippen LogP contribution in [0.1, 0.15) is 116 Å². The van der Waals surface area contributed by atoms with E-state index < -0.39 is 87.7 Å². The second-order valence-electron chi connectivity index (χ2n) is 19.4. The molecule has 6 aromatic rings. The molecule has 0 fully saturated rings. The van der Waals surface area contributed by atoms with E-state index in [-0.39, 0.29) is 143 Å². The van der Waals surface area contributed by atoms with Gasteiger partial charge in [-0.25, -0.2) is 26.3 Å². The number of benzene rings is 3. The largest absolute Gasteiger partial charge is 0.349 e. The zero-order chi connectivity index (χ0) is 60.6. The van der Waals surface area contributed by atoms with Crippen molar-refractivity contribution in [2.45, 2.75) is 60.8 Å². The van der Waals surface area contributed by atoms with Crippen LogP contribution in [0.2, 0.25) is 0 Å². The summed E-state index contributed by atoms with van der Waals surface area (Å²) in [5.74, 6) is -14.9. The fraction of sp³-hybridized carbons (Fsp3) is 0.316. The minimum absolute atomic E-state index is 0.00131. The number of nitrogens with one attached hydrogen (secondary N) is 6. The van der Waals surface area contributed by atoms with Gasteiger partial charge in [0.05, 0.1) is 16.7 Å². The van der Waals surface area contributed by atoms with Crippen molar-refractivity contribution >= 4 is 69.9 Å². The highest BCUT2D eigenvalue weighted by molar-refractivity contribution is 6.45. The Morgan fingerprint density at radius 1 is 0.390 bits per heavy atom. The number of amides is 6. The van der Waals surface area contributed by atoms with Crippen LogP contribution >= 0.6 is 0 Å². The Bertz CT molecular complexity index is 3220. The van der Waals surface area contributed by atoms with Crippen LogP contribution in [0.5, 0.6) is 0 Å². The van der Waals surface area contributed by atoms with Crippen molar-refractivity contribution in [3.05, 3.63) is 157 Å². The molecule has 0 aliphatic heterocycles. The molecule has 0 aliphatic carbocycles. The summed E-state index contributed by atoms with van der Waals surface area (Å²) >= 11 is 0. The fourth-order valence-electron chi connectivity index (χ4n) is 9.62. The van der Waals surface area contributed by atoms with Crippen LogP contribution in [-0.4, -0.2) is 111 Å². The molecular formula is C57H60F6N10O9. The van der Waals surface area contributed by atoms with Crippen LogP contribution in [0.25, 0.3) is 0 Å². The molecule has 25 heteroatoms. The van der Waals surface area contributed by atoms with Gasteiger partial charge in [-0.05, 0) is 134 Å². The second kappa shape index (κ2) is 26.4. The van der Waals surface area contributed by atoms with E-state index in [9.17, 15) is 69.5 Å². The zero-order valence-corrected chi connectivity index (χ0v) is 46.3. The predicted octanol–water partition coefficient (Wildman–Crippen LogP) is 6.91. The third kappa shape index (κ3) is 13.7. The van der Waals surface area contributed by atoms with E-state index in [1.54, 1.807) is 0 Å². The number of nitrogens with zero attached hydrogens (tertiary/aromatic N) is 4. The van der Waals surface area contributed by atoms with Gasteiger partial charge < -0.3 is 50.5 Å². The summed E-state index contributed by atoms with van der Waals surface area (Å²) in [4.78, 5) is 122. The number of anilines is 3. The summed E-state index contributed by atoms with van der Waals surface area (Å²) in [6, 6.07) is 8.39. The lowest BCUT2D eigenvalue weighted by molar-refractivity contribution is -0.117. The number of halogens is 6. The van der Waals surface area contributed by atoms with Gasteiger partial charge in [-0.15, -0.1) is 0 Å². The van der Waals surface area contributed by atoms with Crippen LogP contribution in [0.3, 0.4) is 0 Å². The number of ketones is 3. The first-order valence-electron chi connectivity index (χ1n) is 25.6. The van der Waals surface area contributed by atoms with E-state index in [1.807, 2.05) is 4.90 Å². The quantitative estimate of drug-likeness (QED) is 0.0158. The van der Waals surface area contributed by atoms with Crippen LogP contribution in [0.15, 0.2) is 54.6 Å². The molecule has 82 heavy (non-hydrogen) atoms. The molecule has 6 rings (SSSR count). The van der Waals surface area contributed by atoms with Crippen molar-refractivity contribution in [2.75, 3.05) is 55.2 Å². The Hall–Kier alpha value is -9.13. The number of carbonyl (C=O) groups is 9. The SMILES string of the molecule is Cc1c(C(=O)C(=O)NCCCN(CCCNC(=O)C(=O)c2c(C)c(C(=O)Nc3ccc(F)c(F)c3)n(C)c2C)CCCNC(=O)C(=O)c2c(C)c(C(=O)Nc3ccc(F)c(F)c3)n(C)c2C)c(C)n(C)c1C(=O)Nc1ccc(F)c(F)c1. The van der Waals surface area contributed by atoms with E-state index >= 15 is 0 Å². The average Bonchev–Trinajstić information content (AvgIpc) is 3.19. The summed E-state index contributed by atoms with van der Waals surface area (Å²) in [5, 5.41) is 15.2. The first-order valence-corrected chi connectivity index (χ1v) is 25.6. The van der Waals surface area contributed by atoms with Crippen molar-refractivity contribution in [1.82, 2.24) is 34.6 Å². The lowest BCUT2D eigenvalue weighted by Gasteiger charge is -2.22. The number of rotatable bonds is 24. The van der Waals surface area contributed by atoms with Gasteiger partial charge in [-0.3, -0.25) is 43.2 Å². The van der Waals surface area contributed by atoms with Gasteiger partial charge >= 0.3 is 0 Å². The van der Waals surface area contributed by atoms with Crippen molar-refractivity contribution in [3.63, 3.8) is 0 Å². The number of hydrogen-bond acceptors (Lipinski definition) is 10. The Labute approximate surface area is 466 Å². The van der Waals surface area contributed by atoms with Crippen LogP contribution in [-0.2, 0) is 35.5 Å². The first kappa shape index (κ1) is 62.1. The minimum atomic E-state index is -1.19. The molecule has 0 saturated heterocycles. The second-order valence-corrected chi connectivity index (χ2v) is 19.4. The van der Waals surface area contributed by atoms with Crippen molar-refractivity contribution in [2.24, 2.45) is 21.1 Å². The summed E-state index contributed by atoms with van der Waals surface area (Å²) in [7, 11) is 4.50. The van der Waals surface area contributed by atoms with E-state index in [0.717, 1.165) is 54.6 Å². The summed E-state index contributed by atoms with van der Waals surface area (Å²) in [5.41, 5.74) is 1.13. The molecule has 0 radical (unpaired) electrons. The maximum atomic E-state index is 13.9. The Balaban J connectivity index is 1.08. The highest BCUT2D eigenvalue weighted by atomic mass is 19.2. The van der Waals surface area contributed by atoms with Crippen LogP contribution in [0, 0.1) is 76.4 Å². The first-order chi connectivity index (χ1) is 38.7. The molecule has 0 saturated carbocycles. The molecule has 6 N–H and O–H groups in total. The minimum Gasteiger partial charge on any atom is -0.349 e. The molecule has 0 spiro atoms. The maximum Gasteiger partial charge on any atom is 0.292 e. The molecule has 3 heterocycles. The highest BCUT2D eigenvalue weighted by Gasteiger charge is 2.32. The van der Waals surface area contributed by atoms with Gasteiger partial charge in [0.25, 0.3) is 52.8 Å². The Morgan fingerprint density at radius 2 is 0.634 bits per heavy atom. The lowest BCUT2D eigenvalue weighted by atomic mass is 10.0. The molecule has 0 unspecified atom stereocenters. The van der Waals surface area contributed by atoms with Gasteiger partial charge in [0, 0.05) is 93.1 Å². The topological polar surface area (TPSA) is 244 Å². The average molecular weight is 1140 g/mol. The molecule has 0 aliphatic rings. The molecular weight excluding hydrogens is 1080 g/mol. The number of carbonyl (C=O) groups excluding carboxylic acids is 9. The Kier molecular flexibility index (Phi) is 20.0. The van der Waals surface area contributed by atoms with E-state index in [0.29, 0.717) is 0 Å². The van der Waals surface area contributed by atoms with E-state index in [4.69, 9.17) is 0 Å². The summed E-state index contributed by atoms with van der Waals surface area (Å²) in [6.07, 6.45) is 0.793. The number of hydrogen-bond donors (Lipinski definition) is 6. The van der Waals surface area contributed by atoms with Crippen LogP contribution in [0.4, 0.5) is 43.4 Å². The van der Waals surface area contributed by atoms with E-state index in [1.165, 1.54) is 76.4 Å². The van der Waals surface area contributed by atoms with Gasteiger partial charge in [-0.2, -0.15) is 0 Å². The summed E-state index contributed by atoms with van der Waals surface area (Å²) in [6.45, 7) is 9.80. The standard InChI is InChI=1S/C57H60F6N10O9/c1-28-43(31(4)70(7)46(28)52(77)67-34-13-16-37(58)40(61)25-34)49(74)55(80)64-19-10-22-73(23-11-20-65-56(81)50(75)44-29(2)47(71(8)32(44)5)53(78)68-35-14-17-38(59)41(62)26-35)24-12-21-66-57(82)51(76)45-30(3)48(72(9)33(45)6)54(79)69-36-15-18-39(60)42(63)27-36/h13-18,25-27H,10-12,19-24H2,1-9H3,(H,64,80)(H,65,81)(H,66,82)(H,67,77)(H,68,78)(H,69,79). The molecule has 3 aromatic heterocycles. The molecule has 0 atom stereocenters. The maximum absolute atomic E-state index is 13.9. The lowest BCUT2D eigenvalue weighted by Crippen LogP contribution is -2.38. The van der Waals surface area contributed by atoms with Gasteiger partial charge in [0.15, 0.2) is 34.9 Å². The highest BCUT2D eigenvalue weighted by Crippen LogP contribution is 2.27. The van der Waals surface area contributed by atoms with Gasteiger partial charge in [0.2, 0.25) is 0 Å². The van der Waals surface area contributed by atoms with E-state index in [2.05, 4.69) is 31.9 Å². The molecule has 19 nitrogen and oxygen atoms in total. The zero-order valence-electron chi connectivity index (χ0n) is 46.3. The molecule has 434 valence electrons. The predicted molar refractivity (Wildman–Crippen MR) is 290 cm³/mol. The van der Waals surface area contributed by atoms with Gasteiger partial charge in [-0.1, -0.05) is 0 Å².